The van der Waals surface area contributed by atoms with Crippen molar-refractivity contribution in [3.05, 3.63) is 70.2 Å². The zero-order chi connectivity index (χ0) is 13.2. The van der Waals surface area contributed by atoms with Crippen molar-refractivity contribution in [1.29, 1.82) is 0 Å². The Morgan fingerprint density at radius 1 is 1.05 bits per heavy atom. The first-order valence-electron chi connectivity index (χ1n) is 6.82. The minimum Gasteiger partial charge on any atom is -0.327 e. The normalized spacial score (nSPS) is 22.0. The summed E-state index contributed by atoms with van der Waals surface area (Å²) in [6.07, 6.45) is 3.06. The Bertz CT molecular complexity index is 565. The summed E-state index contributed by atoms with van der Waals surface area (Å²) in [5.74, 6) is 0.333. The minimum atomic E-state index is 0.201. The molecule has 2 N–H and O–H groups in total. The first-order chi connectivity index (χ1) is 9.25. The van der Waals surface area contributed by atoms with Crippen molar-refractivity contribution < 1.29 is 0 Å². The number of rotatable bonds is 2. The summed E-state index contributed by atoms with van der Waals surface area (Å²) in [5.41, 5.74) is 10.3. The smallest absolute Gasteiger partial charge is 0.0444 e. The number of hydrogen-bond acceptors (Lipinski definition) is 1. The molecule has 0 amide bonds. The standard InChI is InChI=1S/C17H18ClN/c18-15-8-4-7-13-9-10-16(19)14(17(13)15)11-12-5-2-1-3-6-12/h1-8,14,16H,9-11,19H2/t14-,16-/m1/s1. The predicted molar refractivity (Wildman–Crippen MR) is 80.6 cm³/mol. The van der Waals surface area contributed by atoms with Crippen LogP contribution in [0.4, 0.5) is 0 Å². The molecule has 19 heavy (non-hydrogen) atoms. The molecule has 3 rings (SSSR count). The van der Waals surface area contributed by atoms with E-state index < -0.39 is 0 Å². The van der Waals surface area contributed by atoms with Gasteiger partial charge in [0.05, 0.1) is 0 Å². The van der Waals surface area contributed by atoms with Gasteiger partial charge in [-0.05, 0) is 42.0 Å². The number of fused-ring (bicyclic) bond motifs is 1. The van der Waals surface area contributed by atoms with Crippen LogP contribution in [0.2, 0.25) is 5.02 Å². The van der Waals surface area contributed by atoms with E-state index in [9.17, 15) is 0 Å². The highest BCUT2D eigenvalue weighted by molar-refractivity contribution is 6.31. The van der Waals surface area contributed by atoms with Gasteiger partial charge >= 0.3 is 0 Å². The van der Waals surface area contributed by atoms with E-state index in [0.29, 0.717) is 5.92 Å². The summed E-state index contributed by atoms with van der Waals surface area (Å²) in [7, 11) is 0. The number of hydrogen-bond donors (Lipinski definition) is 1. The van der Waals surface area contributed by atoms with Gasteiger partial charge in [0, 0.05) is 17.0 Å². The second kappa shape index (κ2) is 5.36. The molecule has 0 aliphatic heterocycles. The second-order valence-corrected chi connectivity index (χ2v) is 5.72. The van der Waals surface area contributed by atoms with Crippen molar-refractivity contribution in [3.8, 4) is 0 Å². The molecule has 0 spiro atoms. The summed E-state index contributed by atoms with van der Waals surface area (Å²) < 4.78 is 0. The summed E-state index contributed by atoms with van der Waals surface area (Å²) in [6.45, 7) is 0. The first-order valence-corrected chi connectivity index (χ1v) is 7.20. The van der Waals surface area contributed by atoms with Gasteiger partial charge < -0.3 is 5.73 Å². The molecule has 1 aliphatic rings. The topological polar surface area (TPSA) is 26.0 Å². The van der Waals surface area contributed by atoms with Crippen LogP contribution in [0.15, 0.2) is 48.5 Å². The van der Waals surface area contributed by atoms with Gasteiger partial charge in [0.1, 0.15) is 0 Å². The molecule has 0 fully saturated rings. The highest BCUT2D eigenvalue weighted by Gasteiger charge is 2.28. The summed E-state index contributed by atoms with van der Waals surface area (Å²) in [6, 6.07) is 16.9. The van der Waals surface area contributed by atoms with Crippen LogP contribution in [0, 0.1) is 0 Å². The van der Waals surface area contributed by atoms with Gasteiger partial charge in [-0.25, -0.2) is 0 Å². The highest BCUT2D eigenvalue weighted by Crippen LogP contribution is 2.37. The molecule has 2 aromatic rings. The molecule has 0 bridgehead atoms. The maximum absolute atomic E-state index is 6.41. The second-order valence-electron chi connectivity index (χ2n) is 5.31. The number of halogens is 1. The van der Waals surface area contributed by atoms with Crippen LogP contribution < -0.4 is 5.73 Å². The molecule has 0 radical (unpaired) electrons. The van der Waals surface area contributed by atoms with E-state index in [0.717, 1.165) is 24.3 Å². The molecule has 0 saturated carbocycles. The fourth-order valence-electron chi connectivity index (χ4n) is 3.07. The fraction of sp³-hybridized carbons (Fsp3) is 0.294. The van der Waals surface area contributed by atoms with Crippen LogP contribution in [-0.2, 0) is 12.8 Å². The molecule has 2 atom stereocenters. The van der Waals surface area contributed by atoms with Crippen molar-refractivity contribution in [2.75, 3.05) is 0 Å². The lowest BCUT2D eigenvalue weighted by molar-refractivity contribution is 0.468. The van der Waals surface area contributed by atoms with Crippen LogP contribution in [0.25, 0.3) is 0 Å². The van der Waals surface area contributed by atoms with Gasteiger partial charge in [-0.3, -0.25) is 0 Å². The van der Waals surface area contributed by atoms with Gasteiger partial charge in [0.2, 0.25) is 0 Å². The molecule has 0 unspecified atom stereocenters. The van der Waals surface area contributed by atoms with E-state index in [4.69, 9.17) is 17.3 Å². The highest BCUT2D eigenvalue weighted by atomic mass is 35.5. The van der Waals surface area contributed by atoms with Gasteiger partial charge in [-0.15, -0.1) is 0 Å². The molecular formula is C17H18ClN. The molecule has 2 aromatic carbocycles. The predicted octanol–water partition coefficient (Wildman–Crippen LogP) is 3.94. The molecular weight excluding hydrogens is 254 g/mol. The molecule has 98 valence electrons. The molecule has 1 nitrogen and oxygen atoms in total. The third-order valence-corrected chi connectivity index (χ3v) is 4.41. The summed E-state index contributed by atoms with van der Waals surface area (Å²) in [4.78, 5) is 0. The zero-order valence-corrected chi connectivity index (χ0v) is 11.6. The molecule has 1 aliphatic carbocycles. The Morgan fingerprint density at radius 3 is 2.63 bits per heavy atom. The Kier molecular flexibility index (Phi) is 3.58. The summed E-state index contributed by atoms with van der Waals surface area (Å²) >= 11 is 6.41. The van der Waals surface area contributed by atoms with Gasteiger partial charge in [0.15, 0.2) is 0 Å². The third-order valence-electron chi connectivity index (χ3n) is 4.08. The third kappa shape index (κ3) is 2.54. The van der Waals surface area contributed by atoms with Crippen LogP contribution in [0.5, 0.6) is 0 Å². The van der Waals surface area contributed by atoms with E-state index >= 15 is 0 Å². The van der Waals surface area contributed by atoms with Crippen LogP contribution in [-0.4, -0.2) is 6.04 Å². The van der Waals surface area contributed by atoms with E-state index in [1.54, 1.807) is 0 Å². The zero-order valence-electron chi connectivity index (χ0n) is 10.9. The molecule has 0 heterocycles. The monoisotopic (exact) mass is 271 g/mol. The van der Waals surface area contributed by atoms with Crippen LogP contribution in [0.3, 0.4) is 0 Å². The Morgan fingerprint density at radius 2 is 1.84 bits per heavy atom. The van der Waals surface area contributed by atoms with E-state index in [1.165, 1.54) is 16.7 Å². The quantitative estimate of drug-likeness (QED) is 0.880. The lowest BCUT2D eigenvalue weighted by atomic mass is 9.76. The first kappa shape index (κ1) is 12.7. The van der Waals surface area contributed by atoms with Crippen molar-refractivity contribution in [2.24, 2.45) is 5.73 Å². The fourth-order valence-corrected chi connectivity index (χ4v) is 3.41. The number of aryl methyl sites for hydroxylation is 1. The Balaban J connectivity index is 1.97. The molecule has 0 saturated heterocycles. The van der Waals surface area contributed by atoms with Crippen LogP contribution >= 0.6 is 11.6 Å². The largest absolute Gasteiger partial charge is 0.327 e. The lowest BCUT2D eigenvalue weighted by Crippen LogP contribution is -2.34. The van der Waals surface area contributed by atoms with Gasteiger partial charge in [0.25, 0.3) is 0 Å². The lowest BCUT2D eigenvalue weighted by Gasteiger charge is -2.32. The SMILES string of the molecule is N[C@@H]1CCc2cccc(Cl)c2[C@@H]1Cc1ccccc1. The minimum absolute atomic E-state index is 0.201. The van der Waals surface area contributed by atoms with Gasteiger partial charge in [-0.2, -0.15) is 0 Å². The van der Waals surface area contributed by atoms with Crippen LogP contribution in [0.1, 0.15) is 29.0 Å². The number of nitrogens with two attached hydrogens (primary N) is 1. The maximum Gasteiger partial charge on any atom is 0.0444 e. The number of benzene rings is 2. The molecule has 2 heteroatoms. The van der Waals surface area contributed by atoms with Crippen molar-refractivity contribution in [3.63, 3.8) is 0 Å². The van der Waals surface area contributed by atoms with E-state index in [-0.39, 0.29) is 6.04 Å². The molecule has 0 aromatic heterocycles. The average molecular weight is 272 g/mol. The summed E-state index contributed by atoms with van der Waals surface area (Å²) in [5, 5.41) is 0.869. The van der Waals surface area contributed by atoms with Crippen molar-refractivity contribution in [1.82, 2.24) is 0 Å². The Labute approximate surface area is 119 Å². The van der Waals surface area contributed by atoms with Crippen molar-refractivity contribution >= 4 is 11.6 Å². The average Bonchev–Trinajstić information content (AvgIpc) is 2.43. The van der Waals surface area contributed by atoms with Crippen molar-refractivity contribution in [2.45, 2.75) is 31.2 Å². The Hall–Kier alpha value is -1.31. The van der Waals surface area contributed by atoms with E-state index in [2.05, 4.69) is 30.3 Å². The van der Waals surface area contributed by atoms with Gasteiger partial charge in [-0.1, -0.05) is 54.1 Å². The van der Waals surface area contributed by atoms with E-state index in [1.807, 2.05) is 18.2 Å². The maximum atomic E-state index is 6.41.